The molecule has 0 spiro atoms. The zero-order chi connectivity index (χ0) is 40.4. The van der Waals surface area contributed by atoms with Gasteiger partial charge in [-0.3, -0.25) is 0 Å². The number of rotatable bonds is 9. The molecule has 2 unspecified atom stereocenters. The van der Waals surface area contributed by atoms with Crippen LogP contribution >= 0.6 is 15.8 Å². The second kappa shape index (κ2) is 24.4. The molecule has 2 aliphatic carbocycles. The SMILES string of the molecule is C1=CC2C=CC1C2.COc1ccccc1P(CCP(c1ccccc1)c1ccccc1OC)c1ccccc1.F[B-](F)(F)F.F[B-](F)(F)F.F[B-](F)(F)F.[Rh+3]. The molecular formula is C35H36B3F12O2P2Rh. The Kier molecular flexibility index (Phi) is 22.1. The summed E-state index contributed by atoms with van der Waals surface area (Å²) in [7, 11) is -15.6. The van der Waals surface area contributed by atoms with Gasteiger partial charge in [-0.05, 0) is 69.2 Å². The number of methoxy groups -OCH3 is 2. The summed E-state index contributed by atoms with van der Waals surface area (Å²) in [6.45, 7) is 0. The van der Waals surface area contributed by atoms with Crippen LogP contribution in [-0.4, -0.2) is 48.3 Å². The van der Waals surface area contributed by atoms with Gasteiger partial charge in [0.1, 0.15) is 11.5 Å². The monoisotopic (exact) mass is 914 g/mol. The molecule has 0 heterocycles. The minimum absolute atomic E-state index is 0. The van der Waals surface area contributed by atoms with Crippen molar-refractivity contribution in [3.05, 3.63) is 133 Å². The third-order valence-electron chi connectivity index (χ3n) is 7.19. The number of benzene rings is 4. The first-order chi connectivity index (χ1) is 25.3. The van der Waals surface area contributed by atoms with Gasteiger partial charge in [-0.1, -0.05) is 121 Å². The third-order valence-corrected chi connectivity index (χ3v) is 12.6. The Morgan fingerprint density at radius 2 is 0.709 bits per heavy atom. The summed E-state index contributed by atoms with van der Waals surface area (Å²) in [6.07, 6.45) is 12.7. The minimum atomic E-state index is -6.00. The molecule has 0 aromatic heterocycles. The number of ether oxygens (including phenoxy) is 2. The van der Waals surface area contributed by atoms with Gasteiger partial charge in [0, 0.05) is 10.6 Å². The first-order valence-corrected chi connectivity index (χ1v) is 19.2. The Labute approximate surface area is 328 Å². The van der Waals surface area contributed by atoms with E-state index in [0.29, 0.717) is 0 Å². The molecule has 55 heavy (non-hydrogen) atoms. The predicted octanol–water partition coefficient (Wildman–Crippen LogP) is 10.9. The van der Waals surface area contributed by atoms with E-state index in [-0.39, 0.29) is 19.5 Å². The van der Waals surface area contributed by atoms with E-state index < -0.39 is 37.6 Å². The zero-order valence-electron chi connectivity index (χ0n) is 29.3. The van der Waals surface area contributed by atoms with E-state index in [1.165, 1.54) is 27.6 Å². The van der Waals surface area contributed by atoms with Crippen molar-refractivity contribution in [2.45, 2.75) is 6.42 Å². The van der Waals surface area contributed by atoms with Crippen LogP contribution in [0.2, 0.25) is 0 Å². The van der Waals surface area contributed by atoms with Gasteiger partial charge in [0.25, 0.3) is 0 Å². The van der Waals surface area contributed by atoms with Gasteiger partial charge in [-0.15, -0.1) is 0 Å². The van der Waals surface area contributed by atoms with E-state index >= 15 is 0 Å². The van der Waals surface area contributed by atoms with Crippen molar-refractivity contribution in [3.8, 4) is 11.5 Å². The molecule has 2 atom stereocenters. The molecule has 6 rings (SSSR count). The maximum atomic E-state index is 9.75. The molecular weight excluding hydrogens is 878 g/mol. The van der Waals surface area contributed by atoms with Gasteiger partial charge in [0.2, 0.25) is 0 Å². The smallest absolute Gasteiger partial charge is 0.496 e. The van der Waals surface area contributed by atoms with Crippen molar-refractivity contribution in [1.29, 1.82) is 0 Å². The molecule has 0 N–H and O–H groups in total. The number of hydrogen-bond donors (Lipinski definition) is 0. The van der Waals surface area contributed by atoms with Crippen molar-refractivity contribution in [2.75, 3.05) is 26.5 Å². The Bertz CT molecular complexity index is 1550. The summed E-state index contributed by atoms with van der Waals surface area (Å²) < 4.78 is 129. The summed E-state index contributed by atoms with van der Waals surface area (Å²) in [5, 5.41) is 5.38. The van der Waals surface area contributed by atoms with Crippen molar-refractivity contribution < 1.29 is 80.7 Å². The third kappa shape index (κ3) is 22.2. The van der Waals surface area contributed by atoms with E-state index in [4.69, 9.17) is 9.47 Å². The fraction of sp³-hybridized carbons (Fsp3) is 0.200. The average molecular weight is 914 g/mol. The van der Waals surface area contributed by atoms with Gasteiger partial charge in [-0.25, -0.2) is 0 Å². The minimum Gasteiger partial charge on any atom is -0.496 e. The number of fused-ring (bicyclic) bond motifs is 2. The molecule has 4 aromatic rings. The van der Waals surface area contributed by atoms with Crippen LogP contribution in [0.25, 0.3) is 0 Å². The average Bonchev–Trinajstić information content (AvgIpc) is 3.76. The van der Waals surface area contributed by atoms with E-state index in [2.05, 4.69) is 121 Å². The molecule has 300 valence electrons. The van der Waals surface area contributed by atoms with Crippen LogP contribution in [0.3, 0.4) is 0 Å². The Balaban J connectivity index is 0.000000530. The van der Waals surface area contributed by atoms with Crippen LogP contribution in [0.15, 0.2) is 133 Å². The Morgan fingerprint density at radius 3 is 0.945 bits per heavy atom. The van der Waals surface area contributed by atoms with Crippen LogP contribution < -0.4 is 30.7 Å². The quantitative estimate of drug-likeness (QED) is 0.0721. The van der Waals surface area contributed by atoms with Crippen molar-refractivity contribution >= 4 is 58.8 Å². The van der Waals surface area contributed by atoms with E-state index in [1.54, 1.807) is 14.2 Å². The Morgan fingerprint density at radius 1 is 0.455 bits per heavy atom. The maximum absolute atomic E-state index is 9.75. The van der Waals surface area contributed by atoms with Gasteiger partial charge in [0.15, 0.2) is 0 Å². The number of hydrogen-bond acceptors (Lipinski definition) is 2. The molecule has 2 bridgehead atoms. The van der Waals surface area contributed by atoms with Gasteiger partial charge in [0.05, 0.1) is 14.2 Å². The standard InChI is InChI=1S/C28H28O2P2.C7H8.3BF4.Rh/c1-29-25-17-9-11-19-27(25)31(23-13-5-3-6-14-23)21-22-32(24-15-7-4-8-16-24)28-20-12-10-18-26(28)30-2;1-2-7-4-3-6(1)5-7;3*2-1(3,4)5;/h3-20H,21-22H2,1-2H3;1-4,6-7H,5H2;;;;/q;;3*-1;+3. The van der Waals surface area contributed by atoms with Gasteiger partial charge >= 0.3 is 41.2 Å². The van der Waals surface area contributed by atoms with Crippen molar-refractivity contribution in [3.63, 3.8) is 0 Å². The molecule has 20 heteroatoms. The summed E-state index contributed by atoms with van der Waals surface area (Å²) in [6, 6.07) is 38.7. The molecule has 0 fully saturated rings. The summed E-state index contributed by atoms with van der Waals surface area (Å²) in [5.41, 5.74) is 0. The molecule has 0 radical (unpaired) electrons. The van der Waals surface area contributed by atoms with Crippen LogP contribution in [0.1, 0.15) is 6.42 Å². The summed E-state index contributed by atoms with van der Waals surface area (Å²) >= 11 is 0. The fourth-order valence-electron chi connectivity index (χ4n) is 5.23. The van der Waals surface area contributed by atoms with E-state index in [9.17, 15) is 51.8 Å². The summed E-state index contributed by atoms with van der Waals surface area (Å²) in [5.74, 6) is 3.57. The normalized spacial score (nSPS) is 16.2. The molecule has 0 saturated carbocycles. The van der Waals surface area contributed by atoms with Crippen LogP contribution in [0.4, 0.5) is 51.8 Å². The zero-order valence-corrected chi connectivity index (χ0v) is 32.7. The van der Waals surface area contributed by atoms with Crippen LogP contribution in [0, 0.1) is 11.8 Å². The molecule has 0 aliphatic heterocycles. The predicted molar refractivity (Wildman–Crippen MR) is 201 cm³/mol. The maximum Gasteiger partial charge on any atom is 3.00 e. The molecule has 2 aliphatic rings. The topological polar surface area (TPSA) is 18.5 Å². The van der Waals surface area contributed by atoms with Gasteiger partial charge < -0.3 is 61.3 Å². The second-order valence-electron chi connectivity index (χ2n) is 11.1. The fourth-order valence-corrected chi connectivity index (χ4v) is 10.8. The number of halogens is 12. The second-order valence-corrected chi connectivity index (χ2v) is 15.7. The van der Waals surface area contributed by atoms with Crippen molar-refractivity contribution in [2.24, 2.45) is 11.8 Å². The first kappa shape index (κ1) is 49.8. The Hall–Kier alpha value is -3.20. The largest absolute Gasteiger partial charge is 3.00 e. The molecule has 2 nitrogen and oxygen atoms in total. The molecule has 0 amide bonds. The molecule has 0 saturated heterocycles. The summed E-state index contributed by atoms with van der Waals surface area (Å²) in [4.78, 5) is 0. The van der Waals surface area contributed by atoms with Gasteiger partial charge in [-0.2, -0.15) is 0 Å². The van der Waals surface area contributed by atoms with E-state index in [1.807, 2.05) is 12.1 Å². The number of para-hydroxylation sites is 2. The molecule has 4 aromatic carbocycles. The van der Waals surface area contributed by atoms with Crippen LogP contribution in [0.5, 0.6) is 11.5 Å². The van der Waals surface area contributed by atoms with Crippen molar-refractivity contribution in [1.82, 2.24) is 0 Å². The number of allylic oxidation sites excluding steroid dienone is 4. The van der Waals surface area contributed by atoms with Crippen LogP contribution in [-0.2, 0) is 19.5 Å². The van der Waals surface area contributed by atoms with E-state index in [0.717, 1.165) is 35.7 Å². The first-order valence-electron chi connectivity index (χ1n) is 16.2.